The van der Waals surface area contributed by atoms with Crippen LogP contribution in [-0.4, -0.2) is 40.8 Å². The fourth-order valence-corrected chi connectivity index (χ4v) is 4.73. The minimum Gasteiger partial charge on any atom is -0.487 e. The second kappa shape index (κ2) is 9.91. The van der Waals surface area contributed by atoms with Gasteiger partial charge >= 0.3 is 0 Å². The number of hydrogen-bond donors (Lipinski definition) is 0. The molecule has 0 saturated carbocycles. The molecule has 0 radical (unpaired) electrons. The Labute approximate surface area is 212 Å². The lowest BCUT2D eigenvalue weighted by molar-refractivity contribution is -0.132. The highest BCUT2D eigenvalue weighted by molar-refractivity contribution is 9.10. The van der Waals surface area contributed by atoms with Gasteiger partial charge in [-0.05, 0) is 80.2 Å². The zero-order chi connectivity index (χ0) is 24.4. The van der Waals surface area contributed by atoms with Crippen molar-refractivity contribution in [1.29, 1.82) is 0 Å². The first-order valence-corrected chi connectivity index (χ1v) is 11.9. The fraction of sp³-hybridized carbons (Fsp3) is 0.148. The number of thiocarbonyl (C=S) groups is 1. The smallest absolute Gasteiger partial charge is 0.265 e. The maximum atomic E-state index is 12.7. The van der Waals surface area contributed by atoms with Crippen LogP contribution in [0.15, 0.2) is 77.3 Å². The van der Waals surface area contributed by atoms with Gasteiger partial charge in [0.25, 0.3) is 11.8 Å². The van der Waals surface area contributed by atoms with Crippen LogP contribution in [0, 0.1) is 0 Å². The Balaban J connectivity index is 1.68. The summed E-state index contributed by atoms with van der Waals surface area (Å²) in [6.45, 7) is 4.26. The Morgan fingerprint density at radius 1 is 1.00 bits per heavy atom. The number of fused-ring (bicyclic) bond motifs is 1. The van der Waals surface area contributed by atoms with Crippen molar-refractivity contribution < 1.29 is 14.3 Å². The lowest BCUT2D eigenvalue weighted by Gasteiger charge is -2.31. The fourth-order valence-electron chi connectivity index (χ4n) is 3.94. The third-order valence-corrected chi connectivity index (χ3v) is 6.85. The Bertz CT molecular complexity index is 1330. The van der Waals surface area contributed by atoms with Crippen LogP contribution in [-0.2, 0) is 22.6 Å². The molecule has 1 aliphatic heterocycles. The van der Waals surface area contributed by atoms with Crippen LogP contribution >= 0.6 is 28.1 Å². The van der Waals surface area contributed by atoms with E-state index in [1.165, 1.54) is 9.80 Å². The Kier molecular flexibility index (Phi) is 6.95. The molecular weight excluding hydrogens is 512 g/mol. The van der Waals surface area contributed by atoms with E-state index in [9.17, 15) is 9.59 Å². The summed E-state index contributed by atoms with van der Waals surface area (Å²) in [5.74, 6) is -0.150. The number of halogens is 1. The summed E-state index contributed by atoms with van der Waals surface area (Å²) < 4.78 is 7.00. The van der Waals surface area contributed by atoms with E-state index in [1.54, 1.807) is 26.2 Å². The molecule has 1 saturated heterocycles. The molecule has 0 aliphatic carbocycles. The van der Waals surface area contributed by atoms with Crippen molar-refractivity contribution in [2.75, 3.05) is 14.1 Å². The first-order chi connectivity index (χ1) is 16.3. The second-order valence-electron chi connectivity index (χ2n) is 7.98. The molecule has 3 aromatic carbocycles. The van der Waals surface area contributed by atoms with Gasteiger partial charge in [0.1, 0.15) is 17.9 Å². The molecule has 0 unspecified atom stereocenters. The van der Waals surface area contributed by atoms with Gasteiger partial charge in [-0.25, -0.2) is 0 Å². The van der Waals surface area contributed by atoms with Crippen LogP contribution in [0.2, 0.25) is 0 Å². The van der Waals surface area contributed by atoms with Gasteiger partial charge in [-0.15, -0.1) is 6.58 Å². The molecular formula is C27H23BrN2O3S. The van der Waals surface area contributed by atoms with Gasteiger partial charge in [-0.3, -0.25) is 19.4 Å². The number of allylic oxidation sites excluding steroid dienone is 1. The van der Waals surface area contributed by atoms with E-state index in [4.69, 9.17) is 17.0 Å². The largest absolute Gasteiger partial charge is 0.487 e. The zero-order valence-electron chi connectivity index (χ0n) is 18.9. The minimum absolute atomic E-state index is 0.0551. The lowest BCUT2D eigenvalue weighted by Crippen LogP contribution is -2.52. The number of likely N-dealkylation sites (N-methyl/N-ethyl adjacent to an activating group) is 2. The first kappa shape index (κ1) is 23.9. The Morgan fingerprint density at radius 2 is 1.68 bits per heavy atom. The third-order valence-electron chi connectivity index (χ3n) is 5.71. The zero-order valence-corrected chi connectivity index (χ0v) is 21.3. The molecule has 1 fully saturated rings. The van der Waals surface area contributed by atoms with Crippen LogP contribution in [0.25, 0.3) is 16.8 Å². The number of rotatable bonds is 6. The van der Waals surface area contributed by atoms with Crippen molar-refractivity contribution in [2.45, 2.75) is 13.0 Å². The maximum Gasteiger partial charge on any atom is 0.265 e. The molecule has 0 atom stereocenters. The molecule has 0 spiro atoms. The van der Waals surface area contributed by atoms with E-state index < -0.39 is 11.8 Å². The summed E-state index contributed by atoms with van der Waals surface area (Å²) in [5, 5.41) is 2.48. The molecule has 2 amide bonds. The number of hydrogen-bond acceptors (Lipinski definition) is 4. The number of nitrogens with zero attached hydrogens (tertiary/aromatic N) is 2. The van der Waals surface area contributed by atoms with Crippen LogP contribution in [0.1, 0.15) is 16.7 Å². The maximum absolute atomic E-state index is 12.7. The normalized spacial score (nSPS) is 14.1. The minimum atomic E-state index is -0.425. The summed E-state index contributed by atoms with van der Waals surface area (Å²) >= 11 is 8.78. The molecule has 0 N–H and O–H groups in total. The van der Waals surface area contributed by atoms with E-state index in [1.807, 2.05) is 30.3 Å². The standard InChI is InChI=1S/C27H23BrN2O3S/c1-4-8-19-13-17(14-22-25(31)29(2)27(34)30(3)26(22)32)15-23(28)24(19)33-16-20-11-7-10-18-9-5-6-12-21(18)20/h4-7,9-15H,1,8,16H2,2-3H3. The van der Waals surface area contributed by atoms with Crippen LogP contribution < -0.4 is 4.74 Å². The monoisotopic (exact) mass is 534 g/mol. The summed E-state index contributed by atoms with van der Waals surface area (Å²) in [4.78, 5) is 28.0. The second-order valence-corrected chi connectivity index (χ2v) is 9.20. The average molecular weight is 535 g/mol. The molecule has 1 aliphatic rings. The summed E-state index contributed by atoms with van der Waals surface area (Å²) in [6, 6.07) is 18.1. The number of ether oxygens (including phenoxy) is 1. The highest BCUT2D eigenvalue weighted by atomic mass is 79.9. The molecule has 34 heavy (non-hydrogen) atoms. The Morgan fingerprint density at radius 3 is 2.38 bits per heavy atom. The Hall–Kier alpha value is -3.29. The van der Waals surface area contributed by atoms with Crippen LogP contribution in [0.5, 0.6) is 5.75 Å². The van der Waals surface area contributed by atoms with Gasteiger partial charge in [0.05, 0.1) is 4.47 Å². The lowest BCUT2D eigenvalue weighted by atomic mass is 10.0. The summed E-state index contributed by atoms with van der Waals surface area (Å²) in [5.41, 5.74) is 2.73. The number of amides is 2. The summed E-state index contributed by atoms with van der Waals surface area (Å²) in [6.07, 6.45) is 3.94. The van der Waals surface area contributed by atoms with Gasteiger partial charge in [-0.2, -0.15) is 0 Å². The van der Waals surface area contributed by atoms with Crippen LogP contribution in [0.4, 0.5) is 0 Å². The highest BCUT2D eigenvalue weighted by Crippen LogP contribution is 2.34. The van der Waals surface area contributed by atoms with Gasteiger partial charge in [-0.1, -0.05) is 48.5 Å². The molecule has 172 valence electrons. The molecule has 3 aromatic rings. The van der Waals surface area contributed by atoms with Crippen molar-refractivity contribution in [3.8, 4) is 5.75 Å². The number of benzene rings is 3. The summed E-state index contributed by atoms with van der Waals surface area (Å²) in [7, 11) is 3.12. The number of carbonyl (C=O) groups excluding carboxylic acids is 2. The van der Waals surface area contributed by atoms with Gasteiger partial charge in [0.2, 0.25) is 0 Å². The van der Waals surface area contributed by atoms with Gasteiger partial charge < -0.3 is 4.74 Å². The SMILES string of the molecule is C=CCc1cc(C=C2C(=O)N(C)C(=S)N(C)C2=O)cc(Br)c1OCc1cccc2ccccc12. The van der Waals surface area contributed by atoms with E-state index in [0.29, 0.717) is 24.3 Å². The number of carbonyl (C=O) groups is 2. The first-order valence-electron chi connectivity index (χ1n) is 10.7. The van der Waals surface area contributed by atoms with Gasteiger partial charge in [0.15, 0.2) is 5.11 Å². The van der Waals surface area contributed by atoms with Crippen molar-refractivity contribution in [1.82, 2.24) is 9.80 Å². The molecule has 0 aromatic heterocycles. The molecule has 5 nitrogen and oxygen atoms in total. The predicted molar refractivity (Wildman–Crippen MR) is 142 cm³/mol. The molecule has 1 heterocycles. The van der Waals surface area contributed by atoms with Crippen LogP contribution in [0.3, 0.4) is 0 Å². The van der Waals surface area contributed by atoms with Gasteiger partial charge in [0, 0.05) is 14.1 Å². The van der Waals surface area contributed by atoms with Crippen molar-refractivity contribution in [3.63, 3.8) is 0 Å². The molecule has 0 bridgehead atoms. The van der Waals surface area contributed by atoms with E-state index in [2.05, 4.69) is 46.8 Å². The topological polar surface area (TPSA) is 49.9 Å². The van der Waals surface area contributed by atoms with Crippen molar-refractivity contribution in [2.24, 2.45) is 0 Å². The van der Waals surface area contributed by atoms with Crippen molar-refractivity contribution in [3.05, 3.63) is 94.0 Å². The molecule has 7 heteroatoms. The van der Waals surface area contributed by atoms with E-state index in [-0.39, 0.29) is 10.7 Å². The third kappa shape index (κ3) is 4.54. The quantitative estimate of drug-likeness (QED) is 0.181. The highest BCUT2D eigenvalue weighted by Gasteiger charge is 2.35. The predicted octanol–water partition coefficient (Wildman–Crippen LogP) is 5.51. The van der Waals surface area contributed by atoms with E-state index >= 15 is 0 Å². The average Bonchev–Trinajstić information content (AvgIpc) is 2.84. The van der Waals surface area contributed by atoms with Crippen molar-refractivity contribution >= 4 is 61.9 Å². The molecule has 4 rings (SSSR count). The van der Waals surface area contributed by atoms with E-state index in [0.717, 1.165) is 26.4 Å².